The molecule has 3 aliphatic rings. The van der Waals surface area contributed by atoms with Crippen molar-refractivity contribution in [3.05, 3.63) is 243 Å². The summed E-state index contributed by atoms with van der Waals surface area (Å²) in [6.45, 7) is 6.30. The number of hydrogen-bond donors (Lipinski definition) is 4. The number of benzene rings is 6. The molecule has 29 nitrogen and oxygen atoms in total. The number of nitrogens with zero attached hydrogens (tertiary/aromatic N) is 10. The van der Waals surface area contributed by atoms with Crippen LogP contribution in [0.15, 0.2) is 221 Å². The van der Waals surface area contributed by atoms with Crippen molar-refractivity contribution in [2.45, 2.75) is 37.3 Å². The molecule has 0 bridgehead atoms. The van der Waals surface area contributed by atoms with Crippen LogP contribution in [0.4, 0.5) is 11.9 Å². The number of ether oxygens (including phenoxy) is 8. The Kier molecular flexibility index (Phi) is 20.8. The van der Waals surface area contributed by atoms with Crippen molar-refractivity contribution >= 4 is 77.7 Å². The minimum absolute atomic E-state index is 0.0000926. The Morgan fingerprint density at radius 1 is 0.510 bits per heavy atom. The molecule has 0 amide bonds. The second-order valence-electron chi connectivity index (χ2n) is 23.2. The van der Waals surface area contributed by atoms with Crippen molar-refractivity contribution in [3.63, 3.8) is 0 Å². The lowest BCUT2D eigenvalue weighted by Crippen LogP contribution is -2.35. The van der Waals surface area contributed by atoms with Gasteiger partial charge in [-0.2, -0.15) is 20.1 Å². The standard InChI is InChI=1S/C25H22N4O5.C23H18N6O3.C17H15N3O5S.C9H11NO2/c1-2-32-24(31)19-14-29(16-8-4-3-5-9-16)23-18(22(19)30)13-27-25(28-23)26-12-17-15-33-20-10-6-7-11-21(20)34-17;30-22-17-12-26-28-20(17)16-11-25-23(27-21(16)29(22)14-6-2-1-3-7-14)24-10-15-13-31-18-8-4-5-9-19(18)32-15;1-3-25-16(22)13-10-20(11-7-5-4-6-8-11)15-12(14(13)21)9-18-17(19-15)26(2,23)24;10-5-7-6-11-8-3-1-2-4-9(8)12-7/h3-11,13-14,17H,2,12,15H2,1H3,(H,26,27,28);1-9,11-12,15H,10,13H2,(H,26,28)(H,24,25,27);4-10H,3H2,1-2H3;1-4,7H,5-6,10H2. The van der Waals surface area contributed by atoms with E-state index in [0.29, 0.717) is 102 Å². The number of aromatic amines is 1. The molecule has 0 saturated heterocycles. The van der Waals surface area contributed by atoms with Gasteiger partial charge in [0.2, 0.25) is 37.7 Å². The van der Waals surface area contributed by atoms with E-state index in [2.05, 4.69) is 50.7 Å². The zero-order valence-corrected chi connectivity index (χ0v) is 56.8. The van der Waals surface area contributed by atoms with Crippen LogP contribution in [0.1, 0.15) is 34.6 Å². The number of hydrogen-bond acceptors (Lipinski definition) is 25. The Morgan fingerprint density at radius 2 is 0.913 bits per heavy atom. The van der Waals surface area contributed by atoms with E-state index in [1.807, 2.05) is 133 Å². The maximum absolute atomic E-state index is 13.2. The first-order valence-electron chi connectivity index (χ1n) is 32.8. The molecule has 10 heterocycles. The van der Waals surface area contributed by atoms with Crippen LogP contribution in [0.25, 0.3) is 61.1 Å². The normalized spacial score (nSPS) is 14.7. The van der Waals surface area contributed by atoms with Gasteiger partial charge in [0.25, 0.3) is 5.56 Å². The monoisotopic (exact) mass is 1420 g/mol. The topological polar surface area (TPSA) is 364 Å². The van der Waals surface area contributed by atoms with Gasteiger partial charge in [-0.1, -0.05) is 91.0 Å². The molecular weight excluding hydrogens is 1360 g/mol. The highest BCUT2D eigenvalue weighted by atomic mass is 32.2. The maximum Gasteiger partial charge on any atom is 0.343 e. The molecule has 6 aromatic carbocycles. The van der Waals surface area contributed by atoms with Gasteiger partial charge in [-0.15, -0.1) is 0 Å². The molecular formula is C74H66N14O15S. The van der Waals surface area contributed by atoms with E-state index in [1.54, 1.807) is 59.5 Å². The Bertz CT molecular complexity index is 5610. The third-order valence-corrected chi connectivity index (χ3v) is 17.0. The number of carbonyl (C=O) groups is 2. The Hall–Kier alpha value is -13.1. The predicted molar refractivity (Wildman–Crippen MR) is 385 cm³/mol. The van der Waals surface area contributed by atoms with Gasteiger partial charge in [0, 0.05) is 55.2 Å². The number of anilines is 2. The number of nitrogens with two attached hydrogens (primary N) is 1. The fourth-order valence-electron chi connectivity index (χ4n) is 11.2. The molecule has 0 radical (unpaired) electrons. The molecule has 528 valence electrons. The first-order valence-corrected chi connectivity index (χ1v) is 34.7. The van der Waals surface area contributed by atoms with Crippen LogP contribution in [0, 0.1) is 0 Å². The van der Waals surface area contributed by atoms with E-state index >= 15 is 0 Å². The zero-order chi connectivity index (χ0) is 72.3. The van der Waals surface area contributed by atoms with Crippen molar-refractivity contribution < 1.29 is 55.9 Å². The third-order valence-electron chi connectivity index (χ3n) is 16.1. The van der Waals surface area contributed by atoms with Crippen LogP contribution in [0.5, 0.6) is 34.5 Å². The van der Waals surface area contributed by atoms with E-state index in [1.165, 1.54) is 29.4 Å². The molecule has 16 rings (SSSR count). The largest absolute Gasteiger partial charge is 0.486 e. The number of esters is 2. The minimum Gasteiger partial charge on any atom is -0.486 e. The lowest BCUT2D eigenvalue weighted by molar-refractivity contribution is 0.0514. The van der Waals surface area contributed by atoms with Crippen LogP contribution < -0.4 is 61.2 Å². The quantitative estimate of drug-likeness (QED) is 0.0554. The van der Waals surface area contributed by atoms with Crippen LogP contribution in [-0.4, -0.2) is 151 Å². The SMILES string of the molecule is CCOC(=O)c1cn(-c2ccccc2)c2nc(NCC3COc4ccccc4O3)ncc2c1=O.CCOC(=O)c1cn(-c2ccccc2)c2nc(S(C)(=O)=O)ncc2c1=O.NCC1COc2ccccc2O1.O=c1c2cn[nH]c2c2cnc(NCC3COc4ccccc4O3)nc2n1-c1ccccc1. The summed E-state index contributed by atoms with van der Waals surface area (Å²) in [6, 6.07) is 50.2. The summed E-state index contributed by atoms with van der Waals surface area (Å²) in [5.41, 5.74) is 7.52. The molecule has 3 aliphatic heterocycles. The fourth-order valence-corrected chi connectivity index (χ4v) is 11.7. The third kappa shape index (κ3) is 15.3. The highest BCUT2D eigenvalue weighted by molar-refractivity contribution is 7.90. The number of fused-ring (bicyclic) bond motifs is 8. The van der Waals surface area contributed by atoms with Crippen LogP contribution in [0.3, 0.4) is 0 Å². The number of pyridine rings is 3. The molecule has 13 aromatic rings. The zero-order valence-electron chi connectivity index (χ0n) is 56.0. The molecule has 104 heavy (non-hydrogen) atoms. The van der Waals surface area contributed by atoms with Gasteiger partial charge in [0.1, 0.15) is 49.3 Å². The second-order valence-corrected chi connectivity index (χ2v) is 25.2. The van der Waals surface area contributed by atoms with Gasteiger partial charge >= 0.3 is 11.9 Å². The highest BCUT2D eigenvalue weighted by Crippen LogP contribution is 2.34. The molecule has 0 saturated carbocycles. The molecule has 30 heteroatoms. The second kappa shape index (κ2) is 31.2. The Balaban J connectivity index is 0.000000129. The summed E-state index contributed by atoms with van der Waals surface area (Å²) in [5, 5.41) is 14.3. The van der Waals surface area contributed by atoms with Crippen molar-refractivity contribution in [2.24, 2.45) is 5.73 Å². The summed E-state index contributed by atoms with van der Waals surface area (Å²) in [7, 11) is -3.67. The first-order chi connectivity index (χ1) is 50.6. The molecule has 7 aromatic heterocycles. The van der Waals surface area contributed by atoms with Crippen LogP contribution in [-0.2, 0) is 19.3 Å². The summed E-state index contributed by atoms with van der Waals surface area (Å²) >= 11 is 0. The average molecular weight is 1420 g/mol. The highest BCUT2D eigenvalue weighted by Gasteiger charge is 2.27. The number of nitrogens with one attached hydrogen (secondary N) is 3. The number of para-hydroxylation sites is 9. The molecule has 0 fully saturated rings. The lowest BCUT2D eigenvalue weighted by Gasteiger charge is -2.26. The summed E-state index contributed by atoms with van der Waals surface area (Å²) in [6.07, 6.45) is 9.06. The number of H-pyrrole nitrogens is 1. The molecule has 5 N–H and O–H groups in total. The van der Waals surface area contributed by atoms with Crippen molar-refractivity contribution in [1.29, 1.82) is 0 Å². The van der Waals surface area contributed by atoms with Gasteiger partial charge in [-0.3, -0.25) is 24.0 Å². The van der Waals surface area contributed by atoms with E-state index < -0.39 is 37.8 Å². The van der Waals surface area contributed by atoms with E-state index in [-0.39, 0.29) is 64.6 Å². The number of sulfone groups is 1. The maximum atomic E-state index is 13.2. The summed E-state index contributed by atoms with van der Waals surface area (Å²) in [5.74, 6) is 3.71. The van der Waals surface area contributed by atoms with Gasteiger partial charge < -0.3 is 63.4 Å². The van der Waals surface area contributed by atoms with Crippen LogP contribution in [0.2, 0.25) is 0 Å². The number of carbonyl (C=O) groups excluding carboxylic acids is 2. The lowest BCUT2D eigenvalue weighted by atomic mass is 10.2. The molecule has 0 spiro atoms. The van der Waals surface area contributed by atoms with E-state index in [4.69, 9.17) is 43.6 Å². The average Bonchev–Trinajstić information content (AvgIpc) is 1.24. The van der Waals surface area contributed by atoms with E-state index in [9.17, 15) is 32.4 Å². The summed E-state index contributed by atoms with van der Waals surface area (Å²) < 4.78 is 72.7. The molecule has 3 atom stereocenters. The predicted octanol–water partition coefficient (Wildman–Crippen LogP) is 8.26. The van der Waals surface area contributed by atoms with Crippen molar-refractivity contribution in [1.82, 2.24) is 53.8 Å². The minimum atomic E-state index is -3.67. The van der Waals surface area contributed by atoms with Crippen molar-refractivity contribution in [3.8, 4) is 51.6 Å². The van der Waals surface area contributed by atoms with Crippen molar-refractivity contribution in [2.75, 3.05) is 69.6 Å². The van der Waals surface area contributed by atoms with E-state index in [0.717, 1.165) is 41.1 Å². The molecule has 3 unspecified atom stereocenters. The smallest absolute Gasteiger partial charge is 0.343 e. The Labute approximate surface area is 591 Å². The fraction of sp³-hybridized carbons (Fsp3) is 0.189. The first kappa shape index (κ1) is 69.4. The van der Waals surface area contributed by atoms with Crippen LogP contribution >= 0.6 is 0 Å². The van der Waals surface area contributed by atoms with Gasteiger partial charge in [-0.05, 0) is 86.6 Å². The van der Waals surface area contributed by atoms with Gasteiger partial charge in [0.05, 0.1) is 65.2 Å². The summed E-state index contributed by atoms with van der Waals surface area (Å²) in [4.78, 5) is 89.2. The number of rotatable bonds is 15. The van der Waals surface area contributed by atoms with Gasteiger partial charge in [-0.25, -0.2) is 33.0 Å². The number of aromatic nitrogens is 11. The Morgan fingerprint density at radius 3 is 1.38 bits per heavy atom. The molecule has 0 aliphatic carbocycles. The van der Waals surface area contributed by atoms with Gasteiger partial charge in [0.15, 0.2) is 51.4 Å².